The highest BCUT2D eigenvalue weighted by Gasteiger charge is 2.44. The van der Waals surface area contributed by atoms with Crippen LogP contribution in [0.15, 0.2) is 182 Å². The zero-order valence-corrected chi connectivity index (χ0v) is 30.7. The smallest absolute Gasteiger partial charge is 0.159 e. The van der Waals surface area contributed by atoms with Crippen molar-refractivity contribution in [3.05, 3.63) is 182 Å². The predicted octanol–water partition coefficient (Wildman–Crippen LogP) is 11.9. The van der Waals surface area contributed by atoms with E-state index in [1.807, 2.05) is 0 Å². The Morgan fingerprint density at radius 1 is 0.340 bits per heavy atom. The molecule has 0 bridgehead atoms. The minimum absolute atomic E-state index is 0.777. The Morgan fingerprint density at radius 2 is 0.774 bits per heavy atom. The maximum Gasteiger partial charge on any atom is 0.159 e. The highest BCUT2D eigenvalue weighted by Crippen LogP contribution is 2.43. The van der Waals surface area contributed by atoms with E-state index >= 15 is 0 Å². The summed E-state index contributed by atoms with van der Waals surface area (Å²) in [7, 11) is -2.29. The first-order valence-electron chi connectivity index (χ1n) is 18.3. The van der Waals surface area contributed by atoms with Crippen molar-refractivity contribution in [3.63, 3.8) is 0 Å². The van der Waals surface area contributed by atoms with Crippen LogP contribution >= 0.6 is 0 Å². The van der Waals surface area contributed by atoms with E-state index in [4.69, 9.17) is 9.97 Å². The Bertz CT molecular complexity index is 2840. The molecule has 0 unspecified atom stereocenters. The van der Waals surface area contributed by atoms with Crippen molar-refractivity contribution in [2.75, 3.05) is 0 Å². The molecule has 53 heavy (non-hydrogen) atoms. The second-order valence-electron chi connectivity index (χ2n) is 14.6. The van der Waals surface area contributed by atoms with Gasteiger partial charge in [0.05, 0.1) is 5.69 Å². The lowest BCUT2D eigenvalue weighted by molar-refractivity contribution is 1.21. The van der Waals surface area contributed by atoms with Crippen molar-refractivity contribution < 1.29 is 0 Å². The Hall–Kier alpha value is -6.42. The van der Waals surface area contributed by atoms with Crippen molar-refractivity contribution in [2.24, 2.45) is 0 Å². The SMILES string of the molecule is C[Si]1(C)c2nc(-c3cccc(-c4cccc(-c5ccc(-c6ccccc6)cc5)c4)c3)nc(-c3ccccc3)c2-c2c1c1ccccc1c1ccccc21. The van der Waals surface area contributed by atoms with Crippen LogP contribution in [0.4, 0.5) is 0 Å². The molecule has 9 aromatic rings. The van der Waals surface area contributed by atoms with Gasteiger partial charge in [-0.2, -0.15) is 0 Å². The monoisotopic (exact) mass is 692 g/mol. The van der Waals surface area contributed by atoms with Gasteiger partial charge in [0, 0.05) is 22.0 Å². The second kappa shape index (κ2) is 12.4. The first kappa shape index (κ1) is 31.3. The van der Waals surface area contributed by atoms with Crippen molar-refractivity contribution in [3.8, 4) is 67.2 Å². The summed E-state index contributed by atoms with van der Waals surface area (Å²) < 4.78 is 0. The summed E-state index contributed by atoms with van der Waals surface area (Å²) >= 11 is 0. The first-order valence-corrected chi connectivity index (χ1v) is 21.3. The van der Waals surface area contributed by atoms with Gasteiger partial charge >= 0.3 is 0 Å². The van der Waals surface area contributed by atoms with Crippen LogP contribution in [0.1, 0.15) is 0 Å². The third kappa shape index (κ3) is 5.15. The average molecular weight is 693 g/mol. The van der Waals surface area contributed by atoms with Crippen LogP contribution in [-0.4, -0.2) is 18.0 Å². The molecule has 10 rings (SSSR count). The number of rotatable bonds is 5. The van der Waals surface area contributed by atoms with Crippen LogP contribution in [0, 0.1) is 0 Å². The number of hydrogen-bond acceptors (Lipinski definition) is 2. The molecule has 1 aliphatic heterocycles. The molecular formula is C50H36N2Si. The Morgan fingerprint density at radius 3 is 1.42 bits per heavy atom. The molecule has 0 fully saturated rings. The number of fused-ring (bicyclic) bond motifs is 8. The summed E-state index contributed by atoms with van der Waals surface area (Å²) in [5, 5.41) is 7.90. The molecule has 3 heteroatoms. The molecule has 0 spiro atoms. The summed E-state index contributed by atoms with van der Waals surface area (Å²) in [6.45, 7) is 4.94. The first-order chi connectivity index (χ1) is 26.0. The van der Waals surface area contributed by atoms with E-state index in [0.717, 1.165) is 28.2 Å². The van der Waals surface area contributed by atoms with Gasteiger partial charge in [0.15, 0.2) is 5.82 Å². The molecule has 0 radical (unpaired) electrons. The third-order valence-corrected chi connectivity index (χ3v) is 14.3. The van der Waals surface area contributed by atoms with Gasteiger partial charge in [0.25, 0.3) is 0 Å². The zero-order valence-electron chi connectivity index (χ0n) is 29.7. The number of nitrogens with zero attached hydrogens (tertiary/aromatic N) is 2. The van der Waals surface area contributed by atoms with E-state index in [-0.39, 0.29) is 0 Å². The van der Waals surface area contributed by atoms with Crippen molar-refractivity contribution in [1.82, 2.24) is 9.97 Å². The van der Waals surface area contributed by atoms with E-state index in [1.54, 1.807) is 0 Å². The molecule has 250 valence electrons. The molecule has 0 saturated carbocycles. The highest BCUT2D eigenvalue weighted by molar-refractivity contribution is 7.05. The van der Waals surface area contributed by atoms with E-state index < -0.39 is 8.07 Å². The Balaban J connectivity index is 1.12. The lowest BCUT2D eigenvalue weighted by atomic mass is 9.91. The lowest BCUT2D eigenvalue weighted by Crippen LogP contribution is -2.51. The van der Waals surface area contributed by atoms with Crippen LogP contribution in [0.5, 0.6) is 0 Å². The molecule has 1 aliphatic rings. The van der Waals surface area contributed by atoms with Crippen LogP contribution in [0.3, 0.4) is 0 Å². The molecule has 2 nitrogen and oxygen atoms in total. The Kier molecular flexibility index (Phi) is 7.31. The van der Waals surface area contributed by atoms with E-state index in [1.165, 1.54) is 71.0 Å². The summed E-state index contributed by atoms with van der Waals surface area (Å²) in [5.74, 6) is 0.777. The fourth-order valence-corrected chi connectivity index (χ4v) is 11.7. The maximum absolute atomic E-state index is 5.57. The number of benzene rings is 8. The fourth-order valence-electron chi connectivity index (χ4n) is 8.45. The topological polar surface area (TPSA) is 25.8 Å². The normalized spacial score (nSPS) is 12.9. The van der Waals surface area contributed by atoms with Crippen molar-refractivity contribution >= 4 is 40.1 Å². The van der Waals surface area contributed by atoms with Crippen LogP contribution in [0.2, 0.25) is 13.1 Å². The van der Waals surface area contributed by atoms with Crippen LogP contribution < -0.4 is 10.5 Å². The van der Waals surface area contributed by atoms with Gasteiger partial charge in [-0.3, -0.25) is 0 Å². The maximum atomic E-state index is 5.57. The summed E-state index contributed by atoms with van der Waals surface area (Å²) in [5.41, 5.74) is 12.8. The molecule has 0 N–H and O–H groups in total. The zero-order chi connectivity index (χ0) is 35.5. The molecule has 0 aliphatic carbocycles. The molecular weight excluding hydrogens is 657 g/mol. The third-order valence-electron chi connectivity index (χ3n) is 11.0. The molecule has 0 atom stereocenters. The van der Waals surface area contributed by atoms with Crippen LogP contribution in [0.25, 0.3) is 88.7 Å². The van der Waals surface area contributed by atoms with Gasteiger partial charge < -0.3 is 0 Å². The molecule has 0 saturated heterocycles. The largest absolute Gasteiger partial charge is 0.237 e. The van der Waals surface area contributed by atoms with E-state index in [9.17, 15) is 0 Å². The standard InChI is InChI=1S/C50H36N2Si/c1-53(2)48-44-26-12-10-24-42(44)41-23-9-11-25-43(41)45(48)46-47(36-17-7-4-8-18-36)51-49(52-50(46)53)40-22-14-21-39(32-40)38-20-13-19-37(31-38)35-29-27-34(28-30-35)33-15-5-3-6-16-33/h3-32H,1-2H3. The molecule has 1 aromatic heterocycles. The second-order valence-corrected chi connectivity index (χ2v) is 18.8. The summed E-state index contributed by atoms with van der Waals surface area (Å²) in [6, 6.07) is 65.5. The summed E-state index contributed by atoms with van der Waals surface area (Å²) in [6.07, 6.45) is 0. The van der Waals surface area contributed by atoms with Crippen molar-refractivity contribution in [2.45, 2.75) is 13.1 Å². The van der Waals surface area contributed by atoms with E-state index in [2.05, 4.69) is 195 Å². The molecule has 2 heterocycles. The van der Waals surface area contributed by atoms with Crippen LogP contribution in [-0.2, 0) is 0 Å². The van der Waals surface area contributed by atoms with Gasteiger partial charge in [-0.15, -0.1) is 0 Å². The fraction of sp³-hybridized carbons (Fsp3) is 0.0400. The highest BCUT2D eigenvalue weighted by atomic mass is 28.3. The predicted molar refractivity (Wildman–Crippen MR) is 226 cm³/mol. The van der Waals surface area contributed by atoms with Gasteiger partial charge in [-0.1, -0.05) is 183 Å². The van der Waals surface area contributed by atoms with E-state index in [0.29, 0.717) is 0 Å². The quantitative estimate of drug-likeness (QED) is 0.133. The molecule has 8 aromatic carbocycles. The van der Waals surface area contributed by atoms with Gasteiger partial charge in [0.2, 0.25) is 0 Å². The molecule has 0 amide bonds. The van der Waals surface area contributed by atoms with Gasteiger partial charge in [-0.05, 0) is 77.8 Å². The minimum atomic E-state index is -2.29. The lowest BCUT2D eigenvalue weighted by Gasteiger charge is -2.21. The average Bonchev–Trinajstić information content (AvgIpc) is 3.48. The number of aromatic nitrogens is 2. The van der Waals surface area contributed by atoms with Gasteiger partial charge in [0.1, 0.15) is 8.07 Å². The summed E-state index contributed by atoms with van der Waals surface area (Å²) in [4.78, 5) is 11.1. The number of hydrogen-bond donors (Lipinski definition) is 0. The van der Waals surface area contributed by atoms with Crippen molar-refractivity contribution in [1.29, 1.82) is 0 Å². The Labute approximate surface area is 311 Å². The van der Waals surface area contributed by atoms with Gasteiger partial charge in [-0.25, -0.2) is 9.97 Å². The minimum Gasteiger partial charge on any atom is -0.237 e.